The van der Waals surface area contributed by atoms with E-state index in [0.29, 0.717) is 0 Å². The molecular formula is C13H24N2. The van der Waals surface area contributed by atoms with E-state index in [0.717, 1.165) is 18.5 Å². The lowest BCUT2D eigenvalue weighted by molar-refractivity contribution is 0.0689. The molecule has 0 bridgehead atoms. The van der Waals surface area contributed by atoms with Crippen LogP contribution >= 0.6 is 0 Å². The van der Waals surface area contributed by atoms with Crippen LogP contribution in [0.1, 0.15) is 33.1 Å². The van der Waals surface area contributed by atoms with E-state index in [-0.39, 0.29) is 0 Å². The summed E-state index contributed by atoms with van der Waals surface area (Å²) in [4.78, 5) is 2.68. The van der Waals surface area contributed by atoms with Crippen LogP contribution < -0.4 is 5.32 Å². The van der Waals surface area contributed by atoms with E-state index in [1.807, 2.05) is 0 Å². The fourth-order valence-corrected chi connectivity index (χ4v) is 2.69. The van der Waals surface area contributed by atoms with Crippen molar-refractivity contribution in [2.45, 2.75) is 39.2 Å². The lowest BCUT2D eigenvalue weighted by Crippen LogP contribution is -2.51. The van der Waals surface area contributed by atoms with Crippen molar-refractivity contribution in [2.75, 3.05) is 26.2 Å². The van der Waals surface area contributed by atoms with Crippen LogP contribution in [0.2, 0.25) is 0 Å². The molecule has 2 rings (SSSR count). The van der Waals surface area contributed by atoms with Crippen LogP contribution in [0.4, 0.5) is 0 Å². The molecule has 0 radical (unpaired) electrons. The molecule has 0 aromatic heterocycles. The first-order chi connectivity index (χ1) is 7.31. The molecule has 2 atom stereocenters. The van der Waals surface area contributed by atoms with Crippen LogP contribution in [0.25, 0.3) is 0 Å². The molecule has 2 unspecified atom stereocenters. The van der Waals surface area contributed by atoms with E-state index in [9.17, 15) is 0 Å². The van der Waals surface area contributed by atoms with Gasteiger partial charge in [-0.2, -0.15) is 0 Å². The van der Waals surface area contributed by atoms with Crippen LogP contribution in [0.15, 0.2) is 11.6 Å². The smallest absolute Gasteiger partial charge is 0.0168 e. The minimum atomic E-state index is 0.869. The predicted molar refractivity (Wildman–Crippen MR) is 65.0 cm³/mol. The quantitative estimate of drug-likeness (QED) is 0.711. The van der Waals surface area contributed by atoms with Gasteiger partial charge in [0.1, 0.15) is 0 Å². The summed E-state index contributed by atoms with van der Waals surface area (Å²) >= 11 is 0. The second kappa shape index (κ2) is 5.13. The zero-order valence-corrected chi connectivity index (χ0v) is 10.1. The highest BCUT2D eigenvalue weighted by molar-refractivity contribution is 5.06. The number of rotatable bonds is 4. The van der Waals surface area contributed by atoms with Crippen LogP contribution in [-0.2, 0) is 0 Å². The number of nitrogens with one attached hydrogen (secondary N) is 1. The van der Waals surface area contributed by atoms with Crippen molar-refractivity contribution < 1.29 is 0 Å². The van der Waals surface area contributed by atoms with Gasteiger partial charge in [-0.3, -0.25) is 4.90 Å². The lowest BCUT2D eigenvalue weighted by atomic mass is 9.78. The van der Waals surface area contributed by atoms with Gasteiger partial charge in [0.15, 0.2) is 0 Å². The SMILES string of the molecule is CCNCC1CCC1N1CC=C(C)CC1. The van der Waals surface area contributed by atoms with Gasteiger partial charge in [-0.05, 0) is 45.2 Å². The summed E-state index contributed by atoms with van der Waals surface area (Å²) < 4.78 is 0. The van der Waals surface area contributed by atoms with Gasteiger partial charge < -0.3 is 5.32 Å². The van der Waals surface area contributed by atoms with Crippen molar-refractivity contribution in [3.63, 3.8) is 0 Å². The zero-order chi connectivity index (χ0) is 10.7. The summed E-state index contributed by atoms with van der Waals surface area (Å²) in [6, 6.07) is 0.869. The summed E-state index contributed by atoms with van der Waals surface area (Å²) in [5, 5.41) is 3.49. The van der Waals surface area contributed by atoms with Gasteiger partial charge in [0.25, 0.3) is 0 Å². The van der Waals surface area contributed by atoms with E-state index in [1.54, 1.807) is 5.57 Å². The monoisotopic (exact) mass is 208 g/mol. The topological polar surface area (TPSA) is 15.3 Å². The molecule has 15 heavy (non-hydrogen) atoms. The Balaban J connectivity index is 1.79. The van der Waals surface area contributed by atoms with Gasteiger partial charge in [0.05, 0.1) is 0 Å². The third kappa shape index (κ3) is 2.61. The number of nitrogens with zero attached hydrogens (tertiary/aromatic N) is 1. The standard InChI is InChI=1S/C13H24N2/c1-3-14-10-12-4-5-13(12)15-8-6-11(2)7-9-15/h6,12-14H,3-5,7-10H2,1-2H3. The Morgan fingerprint density at radius 1 is 1.47 bits per heavy atom. The van der Waals surface area contributed by atoms with E-state index >= 15 is 0 Å². The van der Waals surface area contributed by atoms with Crippen LogP contribution in [0, 0.1) is 5.92 Å². The van der Waals surface area contributed by atoms with Gasteiger partial charge in [0.2, 0.25) is 0 Å². The van der Waals surface area contributed by atoms with Crippen molar-refractivity contribution in [2.24, 2.45) is 5.92 Å². The first-order valence-electron chi connectivity index (χ1n) is 6.41. The van der Waals surface area contributed by atoms with Crippen LogP contribution in [-0.4, -0.2) is 37.1 Å². The molecular weight excluding hydrogens is 184 g/mol. The van der Waals surface area contributed by atoms with Crippen LogP contribution in [0.5, 0.6) is 0 Å². The average molecular weight is 208 g/mol. The minimum Gasteiger partial charge on any atom is -0.317 e. The maximum absolute atomic E-state index is 3.49. The Bertz CT molecular complexity index is 235. The molecule has 1 fully saturated rings. The van der Waals surface area contributed by atoms with E-state index < -0.39 is 0 Å². The van der Waals surface area contributed by atoms with Gasteiger partial charge >= 0.3 is 0 Å². The molecule has 0 amide bonds. The first kappa shape index (κ1) is 11.2. The molecule has 86 valence electrons. The molecule has 0 spiro atoms. The Morgan fingerprint density at radius 3 is 2.87 bits per heavy atom. The molecule has 1 aliphatic heterocycles. The van der Waals surface area contributed by atoms with Gasteiger partial charge in [-0.25, -0.2) is 0 Å². The molecule has 2 heteroatoms. The summed E-state index contributed by atoms with van der Waals surface area (Å²) in [7, 11) is 0. The van der Waals surface area contributed by atoms with Crippen molar-refractivity contribution in [1.82, 2.24) is 10.2 Å². The van der Waals surface area contributed by atoms with E-state index in [4.69, 9.17) is 0 Å². The second-order valence-corrected chi connectivity index (χ2v) is 5.01. The fraction of sp³-hybridized carbons (Fsp3) is 0.846. The van der Waals surface area contributed by atoms with Gasteiger partial charge in [0, 0.05) is 19.1 Å². The third-order valence-corrected chi connectivity index (χ3v) is 3.97. The van der Waals surface area contributed by atoms with E-state index in [2.05, 4.69) is 30.1 Å². The first-order valence-corrected chi connectivity index (χ1v) is 6.41. The fourth-order valence-electron chi connectivity index (χ4n) is 2.69. The molecule has 2 aliphatic rings. The minimum absolute atomic E-state index is 0.869. The van der Waals surface area contributed by atoms with Gasteiger partial charge in [-0.15, -0.1) is 0 Å². The summed E-state index contributed by atoms with van der Waals surface area (Å²) in [6.45, 7) is 9.27. The Kier molecular flexibility index (Phi) is 3.81. The third-order valence-electron chi connectivity index (χ3n) is 3.97. The Morgan fingerprint density at radius 2 is 2.33 bits per heavy atom. The lowest BCUT2D eigenvalue weighted by Gasteiger charge is -2.45. The predicted octanol–water partition coefficient (Wildman–Crippen LogP) is 2.03. The largest absolute Gasteiger partial charge is 0.317 e. The molecule has 2 nitrogen and oxygen atoms in total. The summed E-state index contributed by atoms with van der Waals surface area (Å²) in [5.74, 6) is 0.914. The molecule has 1 saturated carbocycles. The van der Waals surface area contributed by atoms with Crippen molar-refractivity contribution >= 4 is 0 Å². The maximum Gasteiger partial charge on any atom is 0.0168 e. The normalized spacial score (nSPS) is 32.3. The maximum atomic E-state index is 3.49. The molecule has 0 saturated heterocycles. The average Bonchev–Trinajstić information content (AvgIpc) is 2.20. The van der Waals surface area contributed by atoms with Gasteiger partial charge in [-0.1, -0.05) is 18.6 Å². The highest BCUT2D eigenvalue weighted by Crippen LogP contribution is 2.33. The Labute approximate surface area is 93.7 Å². The molecule has 0 aromatic rings. The molecule has 1 heterocycles. The van der Waals surface area contributed by atoms with Crippen LogP contribution in [0.3, 0.4) is 0 Å². The number of hydrogen-bond donors (Lipinski definition) is 1. The zero-order valence-electron chi connectivity index (χ0n) is 10.1. The second-order valence-electron chi connectivity index (χ2n) is 5.01. The van der Waals surface area contributed by atoms with Crippen molar-refractivity contribution in [3.8, 4) is 0 Å². The number of hydrogen-bond acceptors (Lipinski definition) is 2. The van der Waals surface area contributed by atoms with E-state index in [1.165, 1.54) is 38.9 Å². The highest BCUT2D eigenvalue weighted by atomic mass is 15.2. The Hall–Kier alpha value is -0.340. The molecule has 0 aromatic carbocycles. The highest BCUT2D eigenvalue weighted by Gasteiger charge is 2.34. The van der Waals surface area contributed by atoms with Crippen molar-refractivity contribution in [3.05, 3.63) is 11.6 Å². The molecule has 1 aliphatic carbocycles. The summed E-state index contributed by atoms with van der Waals surface area (Å²) in [6.07, 6.45) is 6.54. The molecule has 1 N–H and O–H groups in total. The summed E-state index contributed by atoms with van der Waals surface area (Å²) in [5.41, 5.74) is 1.58. The van der Waals surface area contributed by atoms with Crippen molar-refractivity contribution in [1.29, 1.82) is 0 Å².